The van der Waals surface area contributed by atoms with E-state index in [4.69, 9.17) is 22.1 Å². The fourth-order valence-corrected chi connectivity index (χ4v) is 4.51. The first-order valence-corrected chi connectivity index (χ1v) is 13.9. The second kappa shape index (κ2) is 14.0. The van der Waals surface area contributed by atoms with E-state index < -0.39 is 36.0 Å². The zero-order valence-electron chi connectivity index (χ0n) is 23.6. The van der Waals surface area contributed by atoms with Gasteiger partial charge in [-0.25, -0.2) is 9.78 Å². The standard InChI is InChI=1S/C31H32ClN5O6/c1-18(2)28(33)31(42)43-25(30(40)41)16-23(14-19-9-11-20(12-10-19)21-6-5-7-22(32)15-21)35-29(39)24-17-27(38)37(36-24)26-8-3-4-13-34-26/h3-13,15,17-18,23,25,28,38H,14,16,33H2,1-2H3,(H,35,39)(H,40,41). The molecular weight excluding hydrogens is 574 g/mol. The maximum atomic E-state index is 13.3. The summed E-state index contributed by atoms with van der Waals surface area (Å²) in [5.74, 6) is -3.17. The monoisotopic (exact) mass is 605 g/mol. The number of carbonyl (C=O) groups is 3. The van der Waals surface area contributed by atoms with Crippen molar-refractivity contribution in [2.24, 2.45) is 11.7 Å². The molecule has 0 spiro atoms. The predicted molar refractivity (Wildman–Crippen MR) is 160 cm³/mol. The van der Waals surface area contributed by atoms with Gasteiger partial charge in [-0.2, -0.15) is 9.78 Å². The summed E-state index contributed by atoms with van der Waals surface area (Å²) in [6.45, 7) is 3.44. The summed E-state index contributed by atoms with van der Waals surface area (Å²) in [6.07, 6.45) is -0.109. The quantitative estimate of drug-likeness (QED) is 0.174. The maximum absolute atomic E-state index is 13.3. The number of nitrogens with one attached hydrogen (secondary N) is 1. The second-order valence-electron chi connectivity index (χ2n) is 10.3. The molecule has 0 saturated carbocycles. The first kappa shape index (κ1) is 31.2. The van der Waals surface area contributed by atoms with E-state index in [1.54, 1.807) is 38.1 Å². The minimum atomic E-state index is -1.58. The van der Waals surface area contributed by atoms with E-state index in [9.17, 15) is 24.6 Å². The van der Waals surface area contributed by atoms with E-state index in [1.165, 1.54) is 12.3 Å². The Hall–Kier alpha value is -4.74. The van der Waals surface area contributed by atoms with Gasteiger partial charge in [-0.1, -0.05) is 67.9 Å². The van der Waals surface area contributed by atoms with Crippen LogP contribution in [0, 0.1) is 5.92 Å². The smallest absolute Gasteiger partial charge is 0.345 e. The van der Waals surface area contributed by atoms with Crippen molar-refractivity contribution in [1.82, 2.24) is 20.1 Å². The van der Waals surface area contributed by atoms with Crippen LogP contribution in [0.3, 0.4) is 0 Å². The highest BCUT2D eigenvalue weighted by Gasteiger charge is 2.31. The molecule has 0 radical (unpaired) electrons. The minimum Gasteiger partial charge on any atom is -0.493 e. The highest BCUT2D eigenvalue weighted by molar-refractivity contribution is 6.30. The number of carboxylic acids is 1. The van der Waals surface area contributed by atoms with Gasteiger partial charge in [0.1, 0.15) is 6.04 Å². The summed E-state index contributed by atoms with van der Waals surface area (Å²) in [6, 6.07) is 19.3. The van der Waals surface area contributed by atoms with E-state index in [2.05, 4.69) is 15.4 Å². The zero-order chi connectivity index (χ0) is 31.1. The van der Waals surface area contributed by atoms with E-state index in [0.29, 0.717) is 10.8 Å². The van der Waals surface area contributed by atoms with E-state index in [1.807, 2.05) is 42.5 Å². The number of esters is 1. The van der Waals surface area contributed by atoms with Crippen LogP contribution in [-0.2, 0) is 20.7 Å². The Bertz CT molecular complexity index is 1580. The molecular formula is C31H32ClN5O6. The van der Waals surface area contributed by atoms with Crippen LogP contribution < -0.4 is 11.1 Å². The molecule has 12 heteroatoms. The third kappa shape index (κ3) is 8.18. The van der Waals surface area contributed by atoms with Gasteiger partial charge in [-0.15, -0.1) is 0 Å². The third-order valence-electron chi connectivity index (χ3n) is 6.74. The zero-order valence-corrected chi connectivity index (χ0v) is 24.3. The summed E-state index contributed by atoms with van der Waals surface area (Å²) >= 11 is 6.13. The summed E-state index contributed by atoms with van der Waals surface area (Å²) in [7, 11) is 0. The average molecular weight is 606 g/mol. The molecule has 0 aliphatic heterocycles. The van der Waals surface area contributed by atoms with Gasteiger partial charge in [-0.3, -0.25) is 9.59 Å². The van der Waals surface area contributed by atoms with Crippen molar-refractivity contribution in [2.45, 2.75) is 44.9 Å². The molecule has 5 N–H and O–H groups in total. The summed E-state index contributed by atoms with van der Waals surface area (Å²) in [5.41, 5.74) is 8.38. The van der Waals surface area contributed by atoms with Gasteiger partial charge in [0, 0.05) is 29.7 Å². The molecule has 3 unspecified atom stereocenters. The molecule has 3 atom stereocenters. The molecule has 2 aromatic heterocycles. The fraction of sp³-hybridized carbons (Fsp3) is 0.258. The molecule has 2 aromatic carbocycles. The highest BCUT2D eigenvalue weighted by atomic mass is 35.5. The lowest BCUT2D eigenvalue weighted by Gasteiger charge is -2.24. The number of aliphatic carboxylic acids is 1. The van der Waals surface area contributed by atoms with Crippen LogP contribution in [0.5, 0.6) is 5.88 Å². The minimum absolute atomic E-state index is 0.116. The van der Waals surface area contributed by atoms with Gasteiger partial charge < -0.3 is 26.0 Å². The van der Waals surface area contributed by atoms with Crippen molar-refractivity contribution in [3.63, 3.8) is 0 Å². The molecule has 1 amide bonds. The highest BCUT2D eigenvalue weighted by Crippen LogP contribution is 2.24. The molecule has 4 rings (SSSR count). The number of rotatable bonds is 12. The van der Waals surface area contributed by atoms with Crippen LogP contribution in [0.1, 0.15) is 36.3 Å². The van der Waals surface area contributed by atoms with Gasteiger partial charge in [0.05, 0.1) is 0 Å². The predicted octanol–water partition coefficient (Wildman–Crippen LogP) is 4.00. The number of amides is 1. The topological polar surface area (TPSA) is 170 Å². The van der Waals surface area contributed by atoms with Crippen molar-refractivity contribution >= 4 is 29.4 Å². The number of halogens is 1. The van der Waals surface area contributed by atoms with Gasteiger partial charge in [-0.05, 0) is 53.3 Å². The number of aromatic nitrogens is 3. The number of pyridine rings is 1. The Labute approximate surface area is 253 Å². The molecule has 0 fully saturated rings. The number of carbonyl (C=O) groups excluding carboxylic acids is 2. The molecule has 2 heterocycles. The van der Waals surface area contributed by atoms with Crippen molar-refractivity contribution in [3.05, 3.63) is 95.3 Å². The van der Waals surface area contributed by atoms with Crippen LogP contribution in [0.4, 0.5) is 0 Å². The number of benzene rings is 2. The van der Waals surface area contributed by atoms with Crippen LogP contribution in [-0.4, -0.2) is 61.0 Å². The number of hydrogen-bond acceptors (Lipinski definition) is 8. The molecule has 4 aromatic rings. The van der Waals surface area contributed by atoms with Gasteiger partial charge in [0.2, 0.25) is 12.0 Å². The normalized spacial score (nSPS) is 13.2. The molecule has 0 aliphatic carbocycles. The molecule has 43 heavy (non-hydrogen) atoms. The fourth-order valence-electron chi connectivity index (χ4n) is 4.32. The third-order valence-corrected chi connectivity index (χ3v) is 6.98. The largest absolute Gasteiger partial charge is 0.493 e. The van der Waals surface area contributed by atoms with Crippen molar-refractivity contribution in [2.75, 3.05) is 0 Å². The van der Waals surface area contributed by atoms with Crippen molar-refractivity contribution in [3.8, 4) is 22.8 Å². The maximum Gasteiger partial charge on any atom is 0.345 e. The van der Waals surface area contributed by atoms with Gasteiger partial charge >= 0.3 is 11.9 Å². The Balaban J connectivity index is 1.57. The van der Waals surface area contributed by atoms with E-state index in [0.717, 1.165) is 21.4 Å². The molecule has 11 nitrogen and oxygen atoms in total. The van der Waals surface area contributed by atoms with Crippen LogP contribution in [0.25, 0.3) is 16.9 Å². The second-order valence-corrected chi connectivity index (χ2v) is 10.8. The van der Waals surface area contributed by atoms with Crippen molar-refractivity contribution < 1.29 is 29.3 Å². The molecule has 224 valence electrons. The number of nitrogens with two attached hydrogens (primary N) is 1. The average Bonchev–Trinajstić information content (AvgIpc) is 3.38. The van der Waals surface area contributed by atoms with Crippen LogP contribution in [0.15, 0.2) is 79.0 Å². The summed E-state index contributed by atoms with van der Waals surface area (Å²) < 4.78 is 6.37. The Morgan fingerprint density at radius 2 is 1.77 bits per heavy atom. The molecule has 0 bridgehead atoms. The van der Waals surface area contributed by atoms with Gasteiger partial charge in [0.25, 0.3) is 5.91 Å². The first-order chi connectivity index (χ1) is 20.5. The van der Waals surface area contributed by atoms with Crippen molar-refractivity contribution in [1.29, 1.82) is 0 Å². The summed E-state index contributed by atoms with van der Waals surface area (Å²) in [5, 5.41) is 27.8. The van der Waals surface area contributed by atoms with Crippen LogP contribution >= 0.6 is 11.6 Å². The lowest BCUT2D eigenvalue weighted by molar-refractivity contribution is -0.166. The molecule has 0 aliphatic rings. The Morgan fingerprint density at radius 1 is 1.02 bits per heavy atom. The SMILES string of the molecule is CC(C)C(N)C(=O)OC(CC(Cc1ccc(-c2cccc(Cl)c2)cc1)NC(=O)c1cc(O)n(-c2ccccn2)n1)C(=O)O. The van der Waals surface area contributed by atoms with E-state index >= 15 is 0 Å². The lowest BCUT2D eigenvalue weighted by Crippen LogP contribution is -2.45. The number of ether oxygens (including phenoxy) is 1. The lowest BCUT2D eigenvalue weighted by atomic mass is 9.97. The molecule has 0 saturated heterocycles. The number of hydrogen-bond donors (Lipinski definition) is 4. The van der Waals surface area contributed by atoms with Crippen LogP contribution in [0.2, 0.25) is 5.02 Å². The number of nitrogens with zero attached hydrogens (tertiary/aromatic N) is 3. The first-order valence-electron chi connectivity index (χ1n) is 13.6. The number of aromatic hydroxyl groups is 1. The van der Waals surface area contributed by atoms with Gasteiger partial charge in [0.15, 0.2) is 11.5 Å². The Morgan fingerprint density at radius 3 is 2.40 bits per heavy atom. The van der Waals surface area contributed by atoms with E-state index in [-0.39, 0.29) is 30.3 Å². The Kier molecular flexibility index (Phi) is 10.1. The summed E-state index contributed by atoms with van der Waals surface area (Å²) in [4.78, 5) is 42.0. The number of carboxylic acid groups (broad SMARTS) is 1.